The molecule has 2 aliphatic rings. The van der Waals surface area contributed by atoms with Crippen LogP contribution in [0.3, 0.4) is 0 Å². The molecule has 4 rings (SSSR count). The number of hydrogen-bond donors (Lipinski definition) is 0. The molecule has 2 fully saturated rings. The summed E-state index contributed by atoms with van der Waals surface area (Å²) in [6.07, 6.45) is 4.87. The largest absolute Gasteiger partial charge is 0.273 e. The molecule has 0 bridgehead atoms. The number of benzene rings is 1. The summed E-state index contributed by atoms with van der Waals surface area (Å²) in [4.78, 5) is 21.5. The van der Waals surface area contributed by atoms with E-state index in [0.717, 1.165) is 30.9 Å². The molecule has 0 N–H and O–H groups in total. The van der Waals surface area contributed by atoms with Gasteiger partial charge in [-0.1, -0.05) is 31.2 Å². The van der Waals surface area contributed by atoms with E-state index < -0.39 is 0 Å². The fraction of sp³-hybridized carbons (Fsp3) is 0.412. The van der Waals surface area contributed by atoms with Gasteiger partial charge in [-0.05, 0) is 30.4 Å². The van der Waals surface area contributed by atoms with Crippen molar-refractivity contribution in [3.63, 3.8) is 0 Å². The summed E-state index contributed by atoms with van der Waals surface area (Å²) in [6.45, 7) is 3.14. The molecule has 22 heavy (non-hydrogen) atoms. The van der Waals surface area contributed by atoms with Gasteiger partial charge < -0.3 is 0 Å². The predicted molar refractivity (Wildman–Crippen MR) is 87.9 cm³/mol. The maximum absolute atomic E-state index is 12.8. The summed E-state index contributed by atoms with van der Waals surface area (Å²) in [6, 6.07) is 8.70. The van der Waals surface area contributed by atoms with Crippen molar-refractivity contribution in [1.82, 2.24) is 9.88 Å². The number of nitrogens with zero attached hydrogens (tertiary/aromatic N) is 3. The molecule has 1 amide bonds. The summed E-state index contributed by atoms with van der Waals surface area (Å²) in [5, 5.41) is 2.74. The van der Waals surface area contributed by atoms with Crippen LogP contribution >= 0.6 is 11.3 Å². The molecule has 1 aromatic heterocycles. The Morgan fingerprint density at radius 2 is 2.14 bits per heavy atom. The van der Waals surface area contributed by atoms with Gasteiger partial charge in [-0.3, -0.25) is 14.6 Å². The number of hydrogen-bond acceptors (Lipinski definition) is 4. The van der Waals surface area contributed by atoms with Crippen molar-refractivity contribution in [2.75, 3.05) is 11.4 Å². The minimum absolute atomic E-state index is 0.00273. The van der Waals surface area contributed by atoms with Crippen molar-refractivity contribution in [1.29, 1.82) is 0 Å². The maximum Gasteiger partial charge on any atom is 0.247 e. The lowest BCUT2D eigenvalue weighted by Gasteiger charge is -2.28. The zero-order valence-corrected chi connectivity index (χ0v) is 13.4. The van der Waals surface area contributed by atoms with E-state index in [2.05, 4.69) is 41.1 Å². The van der Waals surface area contributed by atoms with E-state index >= 15 is 0 Å². The quantitative estimate of drug-likeness (QED) is 0.873. The number of aryl methyl sites for hydroxylation is 1. The molecular formula is C17H19N3OS. The third kappa shape index (κ3) is 2.08. The highest BCUT2D eigenvalue weighted by Crippen LogP contribution is 2.42. The van der Waals surface area contributed by atoms with Gasteiger partial charge in [0.05, 0.1) is 6.04 Å². The number of amides is 1. The van der Waals surface area contributed by atoms with Crippen LogP contribution in [0.5, 0.6) is 0 Å². The van der Waals surface area contributed by atoms with Crippen molar-refractivity contribution in [3.8, 4) is 0 Å². The van der Waals surface area contributed by atoms with Gasteiger partial charge in [0.1, 0.15) is 6.17 Å². The summed E-state index contributed by atoms with van der Waals surface area (Å²) in [7, 11) is 0. The molecule has 0 radical (unpaired) electrons. The highest BCUT2D eigenvalue weighted by atomic mass is 32.1. The number of anilines is 1. The highest BCUT2D eigenvalue weighted by molar-refractivity contribution is 7.13. The molecule has 4 nitrogen and oxygen atoms in total. The van der Waals surface area contributed by atoms with Crippen LogP contribution in [0.1, 0.15) is 37.1 Å². The van der Waals surface area contributed by atoms with Crippen LogP contribution < -0.4 is 4.90 Å². The lowest BCUT2D eigenvalue weighted by atomic mass is 10.1. The highest BCUT2D eigenvalue weighted by Gasteiger charge is 2.50. The lowest BCUT2D eigenvalue weighted by Crippen LogP contribution is -2.32. The number of aromatic nitrogens is 1. The zero-order chi connectivity index (χ0) is 15.1. The first-order valence-electron chi connectivity index (χ1n) is 7.86. The Morgan fingerprint density at radius 1 is 1.32 bits per heavy atom. The van der Waals surface area contributed by atoms with Crippen molar-refractivity contribution in [2.45, 2.75) is 38.4 Å². The molecule has 0 aliphatic carbocycles. The van der Waals surface area contributed by atoms with Gasteiger partial charge in [0, 0.05) is 18.1 Å². The van der Waals surface area contributed by atoms with Gasteiger partial charge in [0.25, 0.3) is 0 Å². The molecule has 2 aromatic rings. The summed E-state index contributed by atoms with van der Waals surface area (Å²) in [5.74, 6) is 0.206. The summed E-state index contributed by atoms with van der Waals surface area (Å²) < 4.78 is 0. The normalized spacial score (nSPS) is 25.0. The van der Waals surface area contributed by atoms with E-state index in [1.54, 1.807) is 6.20 Å². The number of thiazole rings is 1. The fourth-order valence-electron chi connectivity index (χ4n) is 3.58. The Bertz CT molecular complexity index is 668. The Balaban J connectivity index is 1.76. The monoisotopic (exact) mass is 313 g/mol. The van der Waals surface area contributed by atoms with Crippen LogP contribution in [0.4, 0.5) is 5.13 Å². The molecule has 114 valence electrons. The molecule has 2 aliphatic heterocycles. The van der Waals surface area contributed by atoms with Gasteiger partial charge >= 0.3 is 0 Å². The van der Waals surface area contributed by atoms with E-state index in [1.165, 1.54) is 22.5 Å². The van der Waals surface area contributed by atoms with Gasteiger partial charge in [-0.15, -0.1) is 11.3 Å². The molecule has 2 unspecified atom stereocenters. The number of rotatable bonds is 3. The SMILES string of the molecule is CCc1ccc(C2N(c3nccs3)C(=O)C3CCCN32)cc1. The second kappa shape index (κ2) is 5.48. The zero-order valence-electron chi connectivity index (χ0n) is 12.6. The average Bonchev–Trinajstić information content (AvgIpc) is 3.26. The minimum Gasteiger partial charge on any atom is -0.273 e. The van der Waals surface area contributed by atoms with E-state index in [1.807, 2.05) is 10.3 Å². The number of carbonyl (C=O) groups is 1. The molecule has 1 aromatic carbocycles. The first-order valence-corrected chi connectivity index (χ1v) is 8.74. The maximum atomic E-state index is 12.8. The molecule has 3 heterocycles. The Hall–Kier alpha value is -1.72. The minimum atomic E-state index is -0.00273. The van der Waals surface area contributed by atoms with E-state index in [-0.39, 0.29) is 18.1 Å². The van der Waals surface area contributed by atoms with Crippen LogP contribution in [-0.4, -0.2) is 28.4 Å². The second-order valence-electron chi connectivity index (χ2n) is 5.89. The standard InChI is InChI=1S/C17H19N3OS/c1-2-12-5-7-13(8-6-12)15-19-10-3-4-14(19)16(21)20(15)17-18-9-11-22-17/h5-9,11,14-15H,2-4,10H2,1H3. The van der Waals surface area contributed by atoms with Crippen molar-refractivity contribution >= 4 is 22.4 Å². The molecule has 2 atom stereocenters. The predicted octanol–water partition coefficient (Wildman–Crippen LogP) is 3.22. The van der Waals surface area contributed by atoms with Gasteiger partial charge in [0.2, 0.25) is 5.91 Å². The lowest BCUT2D eigenvalue weighted by molar-refractivity contribution is -0.119. The van der Waals surface area contributed by atoms with Gasteiger partial charge in [-0.25, -0.2) is 4.98 Å². The smallest absolute Gasteiger partial charge is 0.247 e. The fourth-order valence-corrected chi connectivity index (χ4v) is 4.24. The Morgan fingerprint density at radius 3 is 2.82 bits per heavy atom. The van der Waals surface area contributed by atoms with Gasteiger partial charge in [-0.2, -0.15) is 0 Å². The summed E-state index contributed by atoms with van der Waals surface area (Å²) in [5.41, 5.74) is 2.51. The molecule has 0 saturated carbocycles. The van der Waals surface area contributed by atoms with Crippen LogP contribution in [0, 0.1) is 0 Å². The first-order chi connectivity index (χ1) is 10.8. The molecule has 5 heteroatoms. The topological polar surface area (TPSA) is 36.4 Å². The van der Waals surface area contributed by atoms with E-state index in [0.29, 0.717) is 0 Å². The molecule has 2 saturated heterocycles. The second-order valence-corrected chi connectivity index (χ2v) is 6.76. The van der Waals surface area contributed by atoms with Crippen molar-refractivity contribution in [3.05, 3.63) is 47.0 Å². The number of fused-ring (bicyclic) bond motifs is 1. The average molecular weight is 313 g/mol. The summed E-state index contributed by atoms with van der Waals surface area (Å²) >= 11 is 1.54. The van der Waals surface area contributed by atoms with Crippen LogP contribution in [0.25, 0.3) is 0 Å². The third-order valence-electron chi connectivity index (χ3n) is 4.69. The third-order valence-corrected chi connectivity index (χ3v) is 5.46. The Kier molecular flexibility index (Phi) is 3.47. The van der Waals surface area contributed by atoms with Crippen LogP contribution in [-0.2, 0) is 11.2 Å². The van der Waals surface area contributed by atoms with Crippen molar-refractivity contribution in [2.24, 2.45) is 0 Å². The molecular weight excluding hydrogens is 294 g/mol. The van der Waals surface area contributed by atoms with E-state index in [4.69, 9.17) is 0 Å². The van der Waals surface area contributed by atoms with E-state index in [9.17, 15) is 4.79 Å². The van der Waals surface area contributed by atoms with Crippen molar-refractivity contribution < 1.29 is 4.79 Å². The molecule has 0 spiro atoms. The van der Waals surface area contributed by atoms with Gasteiger partial charge in [0.15, 0.2) is 5.13 Å². The first kappa shape index (κ1) is 13.9. The van der Waals surface area contributed by atoms with Crippen LogP contribution in [0.15, 0.2) is 35.8 Å². The van der Waals surface area contributed by atoms with Crippen LogP contribution in [0.2, 0.25) is 0 Å². The number of carbonyl (C=O) groups excluding carboxylic acids is 1. The Labute approximate surface area is 134 Å².